The zero-order valence-corrected chi connectivity index (χ0v) is 16.4. The molecule has 0 N–H and O–H groups in total. The highest BCUT2D eigenvalue weighted by molar-refractivity contribution is 7.07. The molecule has 2 heterocycles. The fraction of sp³-hybridized carbons (Fsp3) is 0.333. The molecule has 0 atom stereocenters. The quantitative estimate of drug-likeness (QED) is 0.521. The molecule has 1 aliphatic rings. The Balaban J connectivity index is 1.85. The van der Waals surface area contributed by atoms with Gasteiger partial charge in [0.1, 0.15) is 0 Å². The van der Waals surface area contributed by atoms with Gasteiger partial charge in [-0.1, -0.05) is 43.0 Å². The molecule has 0 spiro atoms. The Morgan fingerprint density at radius 3 is 2.62 bits per heavy atom. The lowest BCUT2D eigenvalue weighted by Gasteiger charge is -2.25. The molecule has 3 nitrogen and oxygen atoms in total. The average molecular weight is 384 g/mol. The second kappa shape index (κ2) is 7.77. The maximum Gasteiger partial charge on any atom is 0.192 e. The van der Waals surface area contributed by atoms with Gasteiger partial charge < -0.3 is 4.57 Å². The van der Waals surface area contributed by atoms with Crippen LogP contribution < -0.4 is 4.80 Å². The van der Waals surface area contributed by atoms with E-state index in [0.29, 0.717) is 6.04 Å². The largest absolute Gasteiger partial charge is 0.313 e. The molecule has 134 valence electrons. The van der Waals surface area contributed by atoms with E-state index in [2.05, 4.69) is 34.0 Å². The van der Waals surface area contributed by atoms with Crippen molar-refractivity contribution >= 4 is 28.8 Å². The van der Waals surface area contributed by atoms with Gasteiger partial charge in [-0.25, -0.2) is 9.98 Å². The van der Waals surface area contributed by atoms with Gasteiger partial charge in [-0.2, -0.15) is 0 Å². The zero-order chi connectivity index (χ0) is 17.9. The van der Waals surface area contributed by atoms with Crippen molar-refractivity contribution in [1.82, 2.24) is 9.55 Å². The maximum absolute atomic E-state index is 6.08. The molecule has 1 saturated carbocycles. The van der Waals surface area contributed by atoms with Crippen LogP contribution in [0.25, 0.3) is 11.3 Å². The van der Waals surface area contributed by atoms with E-state index in [4.69, 9.17) is 16.6 Å². The first kappa shape index (κ1) is 17.5. The summed E-state index contributed by atoms with van der Waals surface area (Å²) in [6.07, 6.45) is 8.17. The summed E-state index contributed by atoms with van der Waals surface area (Å²) >= 11 is 7.78. The predicted molar refractivity (Wildman–Crippen MR) is 109 cm³/mol. The Labute approximate surface area is 163 Å². The van der Waals surface area contributed by atoms with Crippen molar-refractivity contribution in [1.29, 1.82) is 0 Å². The molecule has 2 aromatic heterocycles. The molecule has 0 saturated heterocycles. The highest BCUT2D eigenvalue weighted by Gasteiger charge is 2.20. The molecular formula is C21H22ClN3S. The van der Waals surface area contributed by atoms with E-state index in [1.807, 2.05) is 30.5 Å². The number of pyridine rings is 1. The topological polar surface area (TPSA) is 30.2 Å². The lowest BCUT2D eigenvalue weighted by molar-refractivity contribution is 0.351. The van der Waals surface area contributed by atoms with Crippen molar-refractivity contribution in [3.8, 4) is 11.3 Å². The third-order valence-electron chi connectivity index (χ3n) is 4.93. The number of nitrogens with zero attached hydrogens (tertiary/aromatic N) is 3. The molecule has 0 radical (unpaired) electrons. The van der Waals surface area contributed by atoms with Crippen LogP contribution in [0.4, 0.5) is 5.82 Å². The number of aromatic nitrogens is 2. The predicted octanol–water partition coefficient (Wildman–Crippen LogP) is 6.31. The smallest absolute Gasteiger partial charge is 0.192 e. The van der Waals surface area contributed by atoms with Gasteiger partial charge >= 0.3 is 0 Å². The number of benzene rings is 1. The van der Waals surface area contributed by atoms with Gasteiger partial charge in [-0.15, -0.1) is 11.3 Å². The average Bonchev–Trinajstić information content (AvgIpc) is 3.06. The number of rotatable bonds is 3. The fourth-order valence-electron chi connectivity index (χ4n) is 3.60. The number of aryl methyl sites for hydroxylation is 1. The third kappa shape index (κ3) is 3.76. The first-order chi connectivity index (χ1) is 12.7. The van der Waals surface area contributed by atoms with Gasteiger partial charge in [0, 0.05) is 22.6 Å². The molecule has 0 amide bonds. The summed E-state index contributed by atoms with van der Waals surface area (Å²) in [5, 5.41) is 2.98. The molecule has 1 aliphatic carbocycles. The molecule has 26 heavy (non-hydrogen) atoms. The molecular weight excluding hydrogens is 362 g/mol. The van der Waals surface area contributed by atoms with Crippen molar-refractivity contribution in [3.05, 3.63) is 63.4 Å². The minimum atomic E-state index is 0.504. The van der Waals surface area contributed by atoms with Crippen molar-refractivity contribution < 1.29 is 0 Å². The van der Waals surface area contributed by atoms with Crippen molar-refractivity contribution in [2.75, 3.05) is 0 Å². The highest BCUT2D eigenvalue weighted by Crippen LogP contribution is 2.32. The summed E-state index contributed by atoms with van der Waals surface area (Å²) < 4.78 is 2.43. The molecule has 0 aliphatic heterocycles. The summed E-state index contributed by atoms with van der Waals surface area (Å²) in [5.74, 6) is 0.777. The first-order valence-electron chi connectivity index (χ1n) is 9.14. The Bertz CT molecular complexity index is 950. The van der Waals surface area contributed by atoms with Crippen molar-refractivity contribution in [3.63, 3.8) is 0 Å². The van der Waals surface area contributed by atoms with E-state index in [1.54, 1.807) is 11.3 Å². The monoisotopic (exact) mass is 383 g/mol. The van der Waals surface area contributed by atoms with Crippen LogP contribution in [0.3, 0.4) is 0 Å². The minimum Gasteiger partial charge on any atom is -0.313 e. The summed E-state index contributed by atoms with van der Waals surface area (Å²) in [6.45, 7) is 2.07. The van der Waals surface area contributed by atoms with Crippen molar-refractivity contribution in [2.45, 2.75) is 45.1 Å². The number of halogens is 1. The first-order valence-corrected chi connectivity index (χ1v) is 10.4. The highest BCUT2D eigenvalue weighted by atomic mass is 35.5. The molecule has 4 rings (SSSR count). The summed E-state index contributed by atoms with van der Waals surface area (Å²) in [7, 11) is 0. The van der Waals surface area contributed by atoms with Gasteiger partial charge in [-0.3, -0.25) is 0 Å². The molecule has 1 fully saturated rings. The molecule has 1 aromatic carbocycles. The standard InChI is InChI=1S/C21H22ClN3S/c1-15-11-12-23-20(13-15)24-21-25(18-5-3-2-4-6-18)19(14-26-21)16-7-9-17(22)10-8-16/h7-14,18H,2-6H2,1H3. The zero-order valence-electron chi connectivity index (χ0n) is 14.9. The fourth-order valence-corrected chi connectivity index (χ4v) is 4.70. The number of thiazole rings is 1. The second-order valence-electron chi connectivity index (χ2n) is 6.88. The van der Waals surface area contributed by atoms with Crippen LogP contribution in [0, 0.1) is 6.92 Å². The Morgan fingerprint density at radius 1 is 1.12 bits per heavy atom. The normalized spacial score (nSPS) is 16.2. The lowest BCUT2D eigenvalue weighted by atomic mass is 9.95. The van der Waals surface area contributed by atoms with Crippen LogP contribution in [-0.2, 0) is 0 Å². The Kier molecular flexibility index (Phi) is 5.23. The van der Waals surface area contributed by atoms with E-state index >= 15 is 0 Å². The van der Waals surface area contributed by atoms with Crippen LogP contribution in [0.1, 0.15) is 43.7 Å². The number of hydrogen-bond donors (Lipinski definition) is 0. The van der Waals surface area contributed by atoms with Crippen LogP contribution in [-0.4, -0.2) is 9.55 Å². The van der Waals surface area contributed by atoms with Gasteiger partial charge in [0.2, 0.25) is 0 Å². The number of hydrogen-bond acceptors (Lipinski definition) is 3. The van der Waals surface area contributed by atoms with E-state index in [9.17, 15) is 0 Å². The second-order valence-corrected chi connectivity index (χ2v) is 8.15. The summed E-state index contributed by atoms with van der Waals surface area (Å²) in [5.41, 5.74) is 3.59. The van der Waals surface area contributed by atoms with Gasteiger partial charge in [0.05, 0.1) is 5.69 Å². The molecule has 5 heteroatoms. The Morgan fingerprint density at radius 2 is 1.88 bits per heavy atom. The van der Waals surface area contributed by atoms with Gasteiger partial charge in [0.15, 0.2) is 10.6 Å². The molecule has 0 bridgehead atoms. The van der Waals surface area contributed by atoms with E-state index in [1.165, 1.54) is 48.9 Å². The molecule has 3 aromatic rings. The van der Waals surface area contributed by atoms with Crippen LogP contribution in [0.15, 0.2) is 53.0 Å². The van der Waals surface area contributed by atoms with Gasteiger partial charge in [-0.05, 0) is 55.2 Å². The van der Waals surface area contributed by atoms with E-state index in [-0.39, 0.29) is 0 Å². The summed E-state index contributed by atoms with van der Waals surface area (Å²) in [4.78, 5) is 10.3. The summed E-state index contributed by atoms with van der Waals surface area (Å²) in [6, 6.07) is 12.6. The Hall–Kier alpha value is -1.91. The van der Waals surface area contributed by atoms with Crippen LogP contribution in [0.5, 0.6) is 0 Å². The minimum absolute atomic E-state index is 0.504. The van der Waals surface area contributed by atoms with Crippen LogP contribution >= 0.6 is 22.9 Å². The lowest BCUT2D eigenvalue weighted by Crippen LogP contribution is -2.23. The SMILES string of the molecule is Cc1ccnc(N=c2scc(-c3ccc(Cl)cc3)n2C2CCCCC2)c1. The van der Waals surface area contributed by atoms with Crippen LogP contribution in [0.2, 0.25) is 5.02 Å². The maximum atomic E-state index is 6.08. The van der Waals surface area contributed by atoms with E-state index in [0.717, 1.165) is 15.6 Å². The third-order valence-corrected chi connectivity index (χ3v) is 6.02. The molecule has 0 unspecified atom stereocenters. The van der Waals surface area contributed by atoms with E-state index < -0.39 is 0 Å². The van der Waals surface area contributed by atoms with Gasteiger partial charge in [0.25, 0.3) is 0 Å². The van der Waals surface area contributed by atoms with Crippen molar-refractivity contribution in [2.24, 2.45) is 4.99 Å².